The van der Waals surface area contributed by atoms with Crippen LogP contribution in [0.25, 0.3) is 0 Å². The van der Waals surface area contributed by atoms with Crippen LogP contribution in [0.3, 0.4) is 0 Å². The number of likely N-dealkylation sites (tertiary alicyclic amines) is 1. The molecule has 0 saturated carbocycles. The number of hydrogen-bond acceptors (Lipinski definition) is 2. The molecule has 1 fully saturated rings. The van der Waals surface area contributed by atoms with Gasteiger partial charge in [-0.25, -0.2) is 4.79 Å². The molecule has 1 aliphatic heterocycles. The number of amides is 2. The Kier molecular flexibility index (Phi) is 4.07. The van der Waals surface area contributed by atoms with Crippen molar-refractivity contribution in [3.05, 3.63) is 30.3 Å². The lowest BCUT2D eigenvalue weighted by molar-refractivity contribution is 0.158. The molecular formula is C14H21N3O. The van der Waals surface area contributed by atoms with Crippen molar-refractivity contribution in [2.24, 2.45) is 0 Å². The van der Waals surface area contributed by atoms with Crippen LogP contribution in [0.1, 0.15) is 12.8 Å². The molecule has 2 amide bonds. The van der Waals surface area contributed by atoms with E-state index in [0.717, 1.165) is 31.6 Å². The van der Waals surface area contributed by atoms with E-state index in [-0.39, 0.29) is 6.03 Å². The van der Waals surface area contributed by atoms with Crippen molar-refractivity contribution in [1.82, 2.24) is 9.80 Å². The van der Waals surface area contributed by atoms with Crippen molar-refractivity contribution < 1.29 is 4.79 Å². The third-order valence-corrected chi connectivity index (χ3v) is 3.29. The predicted molar refractivity (Wildman–Crippen MR) is 73.7 cm³/mol. The van der Waals surface area contributed by atoms with E-state index in [9.17, 15) is 4.79 Å². The Morgan fingerprint density at radius 2 is 1.83 bits per heavy atom. The fraction of sp³-hybridized carbons (Fsp3) is 0.500. The molecule has 0 atom stereocenters. The number of carbonyl (C=O) groups is 1. The maximum absolute atomic E-state index is 11.8. The maximum Gasteiger partial charge on any atom is 0.319 e. The number of nitrogens with one attached hydrogen (secondary N) is 1. The van der Waals surface area contributed by atoms with Crippen LogP contribution < -0.4 is 5.32 Å². The van der Waals surface area contributed by atoms with Gasteiger partial charge in [-0.05, 0) is 25.0 Å². The Labute approximate surface area is 109 Å². The van der Waals surface area contributed by atoms with Crippen molar-refractivity contribution in [2.75, 3.05) is 32.5 Å². The quantitative estimate of drug-likeness (QED) is 0.870. The summed E-state index contributed by atoms with van der Waals surface area (Å²) < 4.78 is 0. The number of urea groups is 1. The fourth-order valence-electron chi connectivity index (χ4n) is 2.27. The normalized spacial score (nSPS) is 16.4. The fourth-order valence-corrected chi connectivity index (χ4v) is 2.27. The molecule has 1 N–H and O–H groups in total. The second-order valence-electron chi connectivity index (χ2n) is 4.95. The Morgan fingerprint density at radius 3 is 2.39 bits per heavy atom. The van der Waals surface area contributed by atoms with E-state index in [0.29, 0.717) is 6.04 Å². The van der Waals surface area contributed by atoms with Crippen LogP contribution in [0.4, 0.5) is 10.5 Å². The molecule has 0 aliphatic carbocycles. The van der Waals surface area contributed by atoms with Gasteiger partial charge in [0.2, 0.25) is 0 Å². The summed E-state index contributed by atoms with van der Waals surface area (Å²) in [6.07, 6.45) is 2.02. The van der Waals surface area contributed by atoms with Gasteiger partial charge in [0.15, 0.2) is 0 Å². The molecule has 0 radical (unpaired) electrons. The third-order valence-electron chi connectivity index (χ3n) is 3.29. The number of nitrogens with zero attached hydrogens (tertiary/aromatic N) is 2. The Hall–Kier alpha value is -1.71. The summed E-state index contributed by atoms with van der Waals surface area (Å²) in [5.41, 5.74) is 1.16. The van der Waals surface area contributed by atoms with Gasteiger partial charge in [0.05, 0.1) is 0 Å². The van der Waals surface area contributed by atoms with Crippen molar-refractivity contribution in [3.8, 4) is 0 Å². The van der Waals surface area contributed by atoms with Crippen LogP contribution in [0.15, 0.2) is 30.3 Å². The third kappa shape index (κ3) is 3.15. The van der Waals surface area contributed by atoms with Gasteiger partial charge in [0, 0.05) is 38.9 Å². The molecule has 2 rings (SSSR count). The first-order valence-electron chi connectivity index (χ1n) is 6.44. The zero-order valence-electron chi connectivity index (χ0n) is 11.1. The molecule has 4 nitrogen and oxygen atoms in total. The molecule has 1 aliphatic rings. The zero-order valence-corrected chi connectivity index (χ0v) is 11.1. The van der Waals surface area contributed by atoms with Gasteiger partial charge in [-0.15, -0.1) is 0 Å². The number of carbonyl (C=O) groups excluding carboxylic acids is 1. The lowest BCUT2D eigenvalue weighted by Crippen LogP contribution is -2.46. The minimum atomic E-state index is 0.119. The number of para-hydroxylation sites is 1. The summed E-state index contributed by atoms with van der Waals surface area (Å²) >= 11 is 0. The lowest BCUT2D eigenvalue weighted by Gasteiger charge is -2.34. The first-order chi connectivity index (χ1) is 8.66. The molecule has 0 unspecified atom stereocenters. The number of rotatable bonds is 2. The van der Waals surface area contributed by atoms with Crippen LogP contribution in [0, 0.1) is 0 Å². The summed E-state index contributed by atoms with van der Waals surface area (Å²) in [5, 5.41) is 3.52. The highest BCUT2D eigenvalue weighted by Crippen LogP contribution is 2.16. The molecule has 98 valence electrons. The topological polar surface area (TPSA) is 35.6 Å². The molecule has 1 saturated heterocycles. The highest BCUT2D eigenvalue weighted by Gasteiger charge is 2.23. The minimum absolute atomic E-state index is 0.119. The van der Waals surface area contributed by atoms with E-state index in [1.54, 1.807) is 19.0 Å². The van der Waals surface area contributed by atoms with E-state index in [4.69, 9.17) is 0 Å². The van der Waals surface area contributed by atoms with Gasteiger partial charge < -0.3 is 15.1 Å². The standard InChI is InChI=1S/C14H21N3O/c1-16(2)14(18)17-10-8-13(9-11-17)15-12-6-4-3-5-7-12/h3-7,13,15H,8-11H2,1-2H3. The Bertz CT molecular complexity index is 383. The van der Waals surface area contributed by atoms with Gasteiger partial charge in [-0.1, -0.05) is 18.2 Å². The average molecular weight is 247 g/mol. The number of benzene rings is 1. The average Bonchev–Trinajstić information content (AvgIpc) is 2.40. The zero-order chi connectivity index (χ0) is 13.0. The van der Waals surface area contributed by atoms with Crippen molar-refractivity contribution in [3.63, 3.8) is 0 Å². The Morgan fingerprint density at radius 1 is 1.22 bits per heavy atom. The highest BCUT2D eigenvalue weighted by atomic mass is 16.2. The van der Waals surface area contributed by atoms with E-state index < -0.39 is 0 Å². The minimum Gasteiger partial charge on any atom is -0.382 e. The second kappa shape index (κ2) is 5.76. The van der Waals surface area contributed by atoms with Crippen LogP contribution in [0.5, 0.6) is 0 Å². The summed E-state index contributed by atoms with van der Waals surface area (Å²) in [6.45, 7) is 1.67. The van der Waals surface area contributed by atoms with Gasteiger partial charge >= 0.3 is 6.03 Å². The molecule has 0 spiro atoms. The van der Waals surface area contributed by atoms with Gasteiger partial charge in [-0.3, -0.25) is 0 Å². The smallest absolute Gasteiger partial charge is 0.319 e. The van der Waals surface area contributed by atoms with E-state index in [1.165, 1.54) is 0 Å². The first kappa shape index (κ1) is 12.7. The van der Waals surface area contributed by atoms with Crippen molar-refractivity contribution >= 4 is 11.7 Å². The Balaban J connectivity index is 1.82. The summed E-state index contributed by atoms with van der Waals surface area (Å²) in [7, 11) is 3.60. The van der Waals surface area contributed by atoms with E-state index in [2.05, 4.69) is 17.4 Å². The van der Waals surface area contributed by atoms with Crippen LogP contribution >= 0.6 is 0 Å². The largest absolute Gasteiger partial charge is 0.382 e. The molecule has 1 aromatic carbocycles. The van der Waals surface area contributed by atoms with Crippen LogP contribution in [0.2, 0.25) is 0 Å². The molecule has 4 heteroatoms. The summed E-state index contributed by atoms with van der Waals surface area (Å²) in [5.74, 6) is 0. The summed E-state index contributed by atoms with van der Waals surface area (Å²) in [6, 6.07) is 10.8. The molecule has 0 aromatic heterocycles. The van der Waals surface area contributed by atoms with E-state index in [1.807, 2.05) is 23.1 Å². The first-order valence-corrected chi connectivity index (χ1v) is 6.44. The van der Waals surface area contributed by atoms with Gasteiger partial charge in [0.25, 0.3) is 0 Å². The predicted octanol–water partition coefficient (Wildman–Crippen LogP) is 2.24. The molecular weight excluding hydrogens is 226 g/mol. The monoisotopic (exact) mass is 247 g/mol. The van der Waals surface area contributed by atoms with E-state index >= 15 is 0 Å². The lowest BCUT2D eigenvalue weighted by atomic mass is 10.0. The van der Waals surface area contributed by atoms with Crippen molar-refractivity contribution in [2.45, 2.75) is 18.9 Å². The number of hydrogen-bond donors (Lipinski definition) is 1. The van der Waals surface area contributed by atoms with Crippen molar-refractivity contribution in [1.29, 1.82) is 0 Å². The van der Waals surface area contributed by atoms with Gasteiger partial charge in [0.1, 0.15) is 0 Å². The second-order valence-corrected chi connectivity index (χ2v) is 4.95. The molecule has 1 heterocycles. The van der Waals surface area contributed by atoms with Crippen LogP contribution in [-0.2, 0) is 0 Å². The number of piperidine rings is 1. The molecule has 18 heavy (non-hydrogen) atoms. The molecule has 1 aromatic rings. The maximum atomic E-state index is 11.8. The highest BCUT2D eigenvalue weighted by molar-refractivity contribution is 5.73. The summed E-state index contributed by atoms with van der Waals surface area (Å²) in [4.78, 5) is 15.4. The SMILES string of the molecule is CN(C)C(=O)N1CCC(Nc2ccccc2)CC1. The molecule has 0 bridgehead atoms. The van der Waals surface area contributed by atoms with Crippen LogP contribution in [-0.4, -0.2) is 49.1 Å². The van der Waals surface area contributed by atoms with Gasteiger partial charge in [-0.2, -0.15) is 0 Å². The number of anilines is 1.